The minimum absolute atomic E-state index is 0.137. The van der Waals surface area contributed by atoms with Crippen LogP contribution in [-0.2, 0) is 28.4 Å². The second-order valence-corrected chi connectivity index (χ2v) is 28.0. The molecule has 13 nitrogen and oxygen atoms in total. The molecule has 3 aliphatic rings. The lowest BCUT2D eigenvalue weighted by molar-refractivity contribution is 0.0294. The Morgan fingerprint density at radius 2 is 0.454 bits per heavy atom. The average Bonchev–Trinajstić information content (AvgIpc) is 0.924. The molecule has 0 spiro atoms. The molecule has 0 unspecified atom stereocenters. The van der Waals surface area contributed by atoms with Crippen molar-refractivity contribution in [2.24, 2.45) is 0 Å². The van der Waals surface area contributed by atoms with Crippen molar-refractivity contribution in [3.63, 3.8) is 0 Å². The molecule has 0 aromatic heterocycles. The van der Waals surface area contributed by atoms with E-state index in [4.69, 9.17) is 33.5 Å². The van der Waals surface area contributed by atoms with Crippen LogP contribution in [-0.4, -0.2) is 143 Å². The first-order chi connectivity index (χ1) is 51.9. The standard InChI is InChI=1S/C50H70N2O6.C45H63NO4/c1-41(19-11-21-43(3)23-13-25-45(5)27-15-29-47(7)39-57-49(53)51-31-35-55-36-32-51)17-9-10-18-42(2)20-12-22-44(4)24-14-26-46(6)28-16-30-48(8)40-58-50(54)52-33-37-56-38-34-52;1-37(19-11-21-39(3)23-13-25-41(5)27-15-29-43(7)35-47)17-9-10-18-38(2)20-12-22-40(4)24-14-26-42(6)28-16-30-44(8)36-50-45(48)46-31-33-49-34-32-46/h9-14,17-26,29-30H,15-16,27-28,31-40H2,1-8H3;9-14,17-26,29-30,47H,15-16,27-28,31-36H2,1-8H3/b10-9+,19-11+,20-12+,23-13+,24-14+,41-17+,42-18+,43-21+,44-22+,45-25+,46-26+,47-29+,48-30+;10-9+,19-11+,20-12+,23-13+,24-14+,37-17+,38-18+,39-21+,40-22+,41-25+,42-26+,43-29+,44-30+. The molecular formula is C95H133N3O10. The summed E-state index contributed by atoms with van der Waals surface area (Å²) >= 11 is 0. The van der Waals surface area contributed by atoms with E-state index in [1.165, 1.54) is 66.9 Å². The molecule has 0 aromatic carbocycles. The number of hydrogen-bond acceptors (Lipinski definition) is 10. The number of ether oxygens (including phenoxy) is 6. The van der Waals surface area contributed by atoms with Crippen LogP contribution < -0.4 is 0 Å². The van der Waals surface area contributed by atoms with Gasteiger partial charge in [0.25, 0.3) is 0 Å². The molecule has 588 valence electrons. The van der Waals surface area contributed by atoms with Gasteiger partial charge in [-0.3, -0.25) is 0 Å². The summed E-state index contributed by atoms with van der Waals surface area (Å²) in [6.07, 6.45) is 82.7. The number of amides is 3. The predicted octanol–water partition coefficient (Wildman–Crippen LogP) is 23.2. The molecular weight excluding hydrogens is 1340 g/mol. The van der Waals surface area contributed by atoms with Crippen LogP contribution in [0, 0.1) is 0 Å². The van der Waals surface area contributed by atoms with E-state index < -0.39 is 0 Å². The van der Waals surface area contributed by atoms with Crippen LogP contribution in [0.15, 0.2) is 308 Å². The van der Waals surface area contributed by atoms with Crippen molar-refractivity contribution < 1.29 is 47.9 Å². The van der Waals surface area contributed by atoms with Crippen LogP contribution in [0.2, 0.25) is 0 Å². The zero-order chi connectivity index (χ0) is 79.4. The highest BCUT2D eigenvalue weighted by molar-refractivity contribution is 5.69. The summed E-state index contributed by atoms with van der Waals surface area (Å²) in [6, 6.07) is 0. The highest BCUT2D eigenvalue weighted by atomic mass is 16.6. The van der Waals surface area contributed by atoms with Gasteiger partial charge in [-0.2, -0.15) is 0 Å². The Kier molecular flexibility index (Phi) is 53.5. The molecule has 0 radical (unpaired) electrons. The van der Waals surface area contributed by atoms with Crippen molar-refractivity contribution in [3.05, 3.63) is 308 Å². The van der Waals surface area contributed by atoms with E-state index in [1.807, 2.05) is 27.7 Å². The monoisotopic (exact) mass is 1480 g/mol. The summed E-state index contributed by atoms with van der Waals surface area (Å²) in [5, 5.41) is 9.07. The Labute approximate surface area is 652 Å². The largest absolute Gasteiger partial charge is 0.445 e. The molecule has 3 amide bonds. The lowest BCUT2D eigenvalue weighted by Gasteiger charge is -2.26. The molecule has 108 heavy (non-hydrogen) atoms. The SMILES string of the molecule is CC(/C=C/C=C(C)/C=C/C=C(\C)CC/C=C(\C)CO)=C\C=C\C=C(C)\C=C\C=C(C)\C=C\C=C(/C)CC/C=C(\C)COC(=O)N1CCOCC1.CC(/C=C/C=C(C)/C=C/C=C(\C)CC/C=C(\C)COC(=O)N1CCOCC1)=C\C=C\C=C(C)\C=C\C=C(C)\C=C\C=C(/C)CC/C=C(\C)COC(=O)N1CCOCC1. The molecule has 0 bridgehead atoms. The summed E-state index contributed by atoms with van der Waals surface area (Å²) in [4.78, 5) is 41.5. The molecule has 3 heterocycles. The molecule has 0 saturated carbocycles. The maximum absolute atomic E-state index is 12.1. The molecule has 0 atom stereocenters. The van der Waals surface area contributed by atoms with Crippen molar-refractivity contribution in [2.75, 3.05) is 105 Å². The first kappa shape index (κ1) is 95.0. The van der Waals surface area contributed by atoms with Gasteiger partial charge in [0.1, 0.15) is 19.8 Å². The van der Waals surface area contributed by atoms with Gasteiger partial charge < -0.3 is 48.2 Å². The quantitative estimate of drug-likeness (QED) is 0.0360. The van der Waals surface area contributed by atoms with Gasteiger partial charge in [0.15, 0.2) is 0 Å². The third-order valence-corrected chi connectivity index (χ3v) is 16.9. The zero-order valence-corrected chi connectivity index (χ0v) is 68.7. The zero-order valence-electron chi connectivity index (χ0n) is 68.7. The minimum atomic E-state index is -0.262. The molecule has 3 aliphatic heterocycles. The fourth-order valence-electron chi connectivity index (χ4n) is 9.94. The highest BCUT2D eigenvalue weighted by Gasteiger charge is 2.20. The lowest BCUT2D eigenvalue weighted by atomic mass is 10.1. The van der Waals surface area contributed by atoms with Gasteiger partial charge in [-0.15, -0.1) is 0 Å². The van der Waals surface area contributed by atoms with E-state index in [0.717, 1.165) is 73.7 Å². The Hall–Kier alpha value is -9.11. The number of hydrogen-bond donors (Lipinski definition) is 1. The van der Waals surface area contributed by atoms with Crippen molar-refractivity contribution >= 4 is 18.3 Å². The van der Waals surface area contributed by atoms with Crippen LogP contribution >= 0.6 is 0 Å². The van der Waals surface area contributed by atoms with E-state index >= 15 is 0 Å². The Morgan fingerprint density at radius 1 is 0.269 bits per heavy atom. The number of carbonyl (C=O) groups is 3. The Bertz CT molecular complexity index is 3480. The van der Waals surface area contributed by atoms with Gasteiger partial charge >= 0.3 is 18.3 Å². The lowest BCUT2D eigenvalue weighted by Crippen LogP contribution is -2.41. The first-order valence-corrected chi connectivity index (χ1v) is 38.4. The van der Waals surface area contributed by atoms with Gasteiger partial charge in [0.2, 0.25) is 0 Å². The number of morpholine rings is 3. The van der Waals surface area contributed by atoms with Gasteiger partial charge in [-0.1, -0.05) is 291 Å². The molecule has 13 heteroatoms. The number of carbonyl (C=O) groups excluding carboxylic acids is 3. The summed E-state index contributed by atoms with van der Waals surface area (Å²) < 4.78 is 32.1. The molecule has 0 aliphatic carbocycles. The van der Waals surface area contributed by atoms with Crippen LogP contribution in [0.4, 0.5) is 14.4 Å². The molecule has 1 N–H and O–H groups in total. The van der Waals surface area contributed by atoms with Crippen LogP contribution in [0.5, 0.6) is 0 Å². The molecule has 3 rings (SSSR count). The van der Waals surface area contributed by atoms with Gasteiger partial charge in [-0.05, 0) is 179 Å². The maximum Gasteiger partial charge on any atom is 0.410 e. The fraction of sp³-hybridized carbons (Fsp3) is 0.421. The van der Waals surface area contributed by atoms with Gasteiger partial charge in [0, 0.05) is 39.3 Å². The second kappa shape index (κ2) is 60.9. The van der Waals surface area contributed by atoms with E-state index in [-0.39, 0.29) is 24.9 Å². The third-order valence-electron chi connectivity index (χ3n) is 16.9. The van der Waals surface area contributed by atoms with E-state index in [1.54, 1.807) is 14.7 Å². The number of nitrogens with zero attached hydrogens (tertiary/aromatic N) is 3. The van der Waals surface area contributed by atoms with E-state index in [0.29, 0.717) is 98.7 Å². The fourth-order valence-corrected chi connectivity index (χ4v) is 9.94. The summed E-state index contributed by atoms with van der Waals surface area (Å²) in [5.74, 6) is 0. The van der Waals surface area contributed by atoms with Crippen molar-refractivity contribution in [3.8, 4) is 0 Å². The second-order valence-electron chi connectivity index (χ2n) is 28.0. The first-order valence-electron chi connectivity index (χ1n) is 38.4. The van der Waals surface area contributed by atoms with Gasteiger partial charge in [-0.25, -0.2) is 14.4 Å². The summed E-state index contributed by atoms with van der Waals surface area (Å²) in [5.41, 5.74) is 18.9. The molecule has 0 aromatic rings. The van der Waals surface area contributed by atoms with Crippen LogP contribution in [0.25, 0.3) is 0 Å². The predicted molar refractivity (Wildman–Crippen MR) is 457 cm³/mol. The van der Waals surface area contributed by atoms with Gasteiger partial charge in [0.05, 0.1) is 46.2 Å². The smallest absolute Gasteiger partial charge is 0.410 e. The topological polar surface area (TPSA) is 137 Å². The Balaban J connectivity index is 0.000000742. The number of rotatable bonds is 39. The van der Waals surface area contributed by atoms with Crippen molar-refractivity contribution in [1.82, 2.24) is 14.7 Å². The average molecular weight is 1480 g/mol. The number of aliphatic hydroxyl groups is 1. The Morgan fingerprint density at radius 3 is 0.657 bits per heavy atom. The molecule has 3 fully saturated rings. The van der Waals surface area contributed by atoms with Crippen molar-refractivity contribution in [2.45, 2.75) is 162 Å². The number of allylic oxidation sites excluding steroid dienone is 48. The highest BCUT2D eigenvalue weighted by Crippen LogP contribution is 2.15. The minimum Gasteiger partial charge on any atom is -0.445 e. The maximum atomic E-state index is 12.1. The summed E-state index contributed by atoms with van der Waals surface area (Å²) in [6.45, 7) is 41.4. The summed E-state index contributed by atoms with van der Waals surface area (Å²) in [7, 11) is 0. The number of aliphatic hydroxyl groups excluding tert-OH is 1. The van der Waals surface area contributed by atoms with Crippen LogP contribution in [0.1, 0.15) is 162 Å². The third kappa shape index (κ3) is 52.8. The molecule has 3 saturated heterocycles. The normalized spacial score (nSPS) is 17.6. The van der Waals surface area contributed by atoms with Crippen molar-refractivity contribution in [1.29, 1.82) is 0 Å². The van der Waals surface area contributed by atoms with E-state index in [2.05, 4.69) is 302 Å². The van der Waals surface area contributed by atoms with E-state index in [9.17, 15) is 14.4 Å². The van der Waals surface area contributed by atoms with Crippen LogP contribution in [0.3, 0.4) is 0 Å².